The zero-order valence-corrected chi connectivity index (χ0v) is 22.4. The fourth-order valence-electron chi connectivity index (χ4n) is 3.93. The molecule has 0 radical (unpaired) electrons. The molecular weight excluding hydrogens is 553 g/mol. The monoisotopic (exact) mass is 573 g/mol. The van der Waals surface area contributed by atoms with E-state index in [1.165, 1.54) is 31.4 Å². The molecule has 12 heteroatoms. The fraction of sp³-hybridized carbons (Fsp3) is 0.115. The molecule has 0 aromatic heterocycles. The Bertz CT molecular complexity index is 1710. The van der Waals surface area contributed by atoms with Gasteiger partial charge in [0, 0.05) is 22.0 Å². The molecule has 1 amide bonds. The summed E-state index contributed by atoms with van der Waals surface area (Å²) in [6, 6.07) is 15.5. The number of fused-ring (bicyclic) bond motifs is 1. The van der Waals surface area contributed by atoms with Gasteiger partial charge in [0.05, 0.1) is 28.3 Å². The summed E-state index contributed by atoms with van der Waals surface area (Å²) in [6.07, 6.45) is 0.169. The smallest absolute Gasteiger partial charge is 0.294 e. The number of ether oxygens (including phenoxy) is 1. The number of amides is 1. The standard InChI is InChI=1S/C26H21Cl2N3O6S/c1-3-16-22(38(34,35)36)11-9-19(28)23(16)30-31-24-17-7-5-4-6-14(17)12-18(25(24)32)26(33)29-20-10-8-15(27)13-21(20)37-2/h4-13,32H,3H2,1-2H3,(H,29,33)(H,34,35,36). The van der Waals surface area contributed by atoms with Gasteiger partial charge >= 0.3 is 0 Å². The second-order valence-electron chi connectivity index (χ2n) is 8.04. The summed E-state index contributed by atoms with van der Waals surface area (Å²) in [5.74, 6) is -0.782. The van der Waals surface area contributed by atoms with E-state index in [2.05, 4.69) is 15.5 Å². The average Bonchev–Trinajstić information content (AvgIpc) is 2.88. The van der Waals surface area contributed by atoms with Gasteiger partial charge in [-0.25, -0.2) is 0 Å². The molecule has 0 heterocycles. The van der Waals surface area contributed by atoms with Crippen LogP contribution in [-0.4, -0.2) is 31.1 Å². The van der Waals surface area contributed by atoms with Crippen molar-refractivity contribution in [3.63, 3.8) is 0 Å². The third-order valence-electron chi connectivity index (χ3n) is 5.72. The maximum atomic E-state index is 13.2. The van der Waals surface area contributed by atoms with E-state index < -0.39 is 21.8 Å². The summed E-state index contributed by atoms with van der Waals surface area (Å²) < 4.78 is 38.6. The van der Waals surface area contributed by atoms with Gasteiger partial charge in [0.2, 0.25) is 0 Å². The normalized spacial score (nSPS) is 11.7. The second-order valence-corrected chi connectivity index (χ2v) is 10.3. The van der Waals surface area contributed by atoms with Crippen molar-refractivity contribution in [3.8, 4) is 11.5 Å². The number of hydrogen-bond donors (Lipinski definition) is 3. The number of rotatable bonds is 7. The number of azo groups is 1. The van der Waals surface area contributed by atoms with Crippen molar-refractivity contribution in [2.75, 3.05) is 12.4 Å². The highest BCUT2D eigenvalue weighted by atomic mass is 35.5. The van der Waals surface area contributed by atoms with Gasteiger partial charge in [-0.15, -0.1) is 10.2 Å². The summed E-state index contributed by atoms with van der Waals surface area (Å²) in [5.41, 5.74) is 0.360. The largest absolute Gasteiger partial charge is 0.505 e. The topological polar surface area (TPSA) is 138 Å². The molecule has 4 aromatic carbocycles. The van der Waals surface area contributed by atoms with Gasteiger partial charge in [-0.2, -0.15) is 8.42 Å². The van der Waals surface area contributed by atoms with E-state index in [0.717, 1.165) is 0 Å². The first kappa shape index (κ1) is 27.3. The Labute approximate surface area is 228 Å². The van der Waals surface area contributed by atoms with Crippen LogP contribution in [0.3, 0.4) is 0 Å². The Hall–Kier alpha value is -3.70. The van der Waals surface area contributed by atoms with E-state index in [1.54, 1.807) is 43.3 Å². The van der Waals surface area contributed by atoms with E-state index in [4.69, 9.17) is 27.9 Å². The Morgan fingerprint density at radius 1 is 1.03 bits per heavy atom. The number of methoxy groups -OCH3 is 1. The maximum absolute atomic E-state index is 13.2. The zero-order chi connectivity index (χ0) is 27.6. The van der Waals surface area contributed by atoms with Crippen molar-refractivity contribution in [2.45, 2.75) is 18.2 Å². The molecule has 0 saturated heterocycles. The van der Waals surface area contributed by atoms with Gasteiger partial charge in [0.15, 0.2) is 5.75 Å². The quantitative estimate of drug-likeness (QED) is 0.156. The molecule has 3 N–H and O–H groups in total. The number of phenolic OH excluding ortho intramolecular Hbond substituents is 1. The number of carbonyl (C=O) groups is 1. The van der Waals surface area contributed by atoms with Crippen LogP contribution < -0.4 is 10.1 Å². The molecule has 0 aliphatic rings. The lowest BCUT2D eigenvalue weighted by molar-refractivity contribution is 0.102. The van der Waals surface area contributed by atoms with Crippen molar-refractivity contribution >= 4 is 67.1 Å². The van der Waals surface area contributed by atoms with Gasteiger partial charge in [0.25, 0.3) is 16.0 Å². The van der Waals surface area contributed by atoms with Gasteiger partial charge in [-0.1, -0.05) is 54.4 Å². The van der Waals surface area contributed by atoms with E-state index in [0.29, 0.717) is 27.2 Å². The molecule has 0 saturated carbocycles. The van der Waals surface area contributed by atoms with Crippen molar-refractivity contribution in [2.24, 2.45) is 10.2 Å². The number of nitrogens with one attached hydrogen (secondary N) is 1. The Kier molecular flexibility index (Phi) is 7.89. The minimum Gasteiger partial charge on any atom is -0.505 e. The first-order valence-electron chi connectivity index (χ1n) is 11.1. The maximum Gasteiger partial charge on any atom is 0.294 e. The van der Waals surface area contributed by atoms with Crippen LogP contribution in [0.5, 0.6) is 11.5 Å². The third kappa shape index (κ3) is 5.44. The number of hydrogen-bond acceptors (Lipinski definition) is 7. The lowest BCUT2D eigenvalue weighted by atomic mass is 10.0. The number of nitrogens with zero attached hydrogens (tertiary/aromatic N) is 2. The number of aromatic hydroxyl groups is 1. The molecule has 0 aliphatic heterocycles. The molecule has 0 bridgehead atoms. The van der Waals surface area contributed by atoms with Gasteiger partial charge in [0.1, 0.15) is 17.1 Å². The van der Waals surface area contributed by atoms with Crippen LogP contribution in [0.1, 0.15) is 22.8 Å². The van der Waals surface area contributed by atoms with Crippen LogP contribution in [0, 0.1) is 0 Å². The van der Waals surface area contributed by atoms with Gasteiger partial charge < -0.3 is 15.2 Å². The molecule has 9 nitrogen and oxygen atoms in total. The van der Waals surface area contributed by atoms with Crippen LogP contribution in [0.4, 0.5) is 17.1 Å². The predicted molar refractivity (Wildman–Crippen MR) is 146 cm³/mol. The van der Waals surface area contributed by atoms with Crippen molar-refractivity contribution in [3.05, 3.63) is 81.8 Å². The van der Waals surface area contributed by atoms with Gasteiger partial charge in [-0.3, -0.25) is 9.35 Å². The minimum atomic E-state index is -4.55. The molecule has 0 fully saturated rings. The highest BCUT2D eigenvalue weighted by molar-refractivity contribution is 7.85. The molecule has 4 aromatic rings. The number of phenols is 1. The molecule has 0 atom stereocenters. The summed E-state index contributed by atoms with van der Waals surface area (Å²) in [6.45, 7) is 1.67. The summed E-state index contributed by atoms with van der Waals surface area (Å²) >= 11 is 12.3. The van der Waals surface area contributed by atoms with E-state index in [-0.39, 0.29) is 38.8 Å². The number of anilines is 1. The first-order valence-corrected chi connectivity index (χ1v) is 13.3. The fourth-order valence-corrected chi connectivity index (χ4v) is 5.10. The van der Waals surface area contributed by atoms with E-state index >= 15 is 0 Å². The van der Waals surface area contributed by atoms with Crippen molar-refractivity contribution in [1.82, 2.24) is 0 Å². The van der Waals surface area contributed by atoms with Crippen LogP contribution in [0.25, 0.3) is 10.8 Å². The Balaban J connectivity index is 1.85. The van der Waals surface area contributed by atoms with Gasteiger partial charge in [-0.05, 0) is 42.1 Å². The average molecular weight is 574 g/mol. The highest BCUT2D eigenvalue weighted by Crippen LogP contribution is 2.42. The summed E-state index contributed by atoms with van der Waals surface area (Å²) in [7, 11) is -3.12. The number of halogens is 2. The highest BCUT2D eigenvalue weighted by Gasteiger charge is 2.22. The zero-order valence-electron chi connectivity index (χ0n) is 20.1. The molecule has 4 rings (SSSR count). The predicted octanol–water partition coefficient (Wildman–Crippen LogP) is 7.34. The van der Waals surface area contributed by atoms with Crippen molar-refractivity contribution in [1.29, 1.82) is 0 Å². The van der Waals surface area contributed by atoms with Crippen LogP contribution in [0.2, 0.25) is 10.0 Å². The Morgan fingerprint density at radius 3 is 2.42 bits per heavy atom. The van der Waals surface area contributed by atoms with E-state index in [1.807, 2.05) is 0 Å². The molecular formula is C26H21Cl2N3O6S. The lowest BCUT2D eigenvalue weighted by Gasteiger charge is -2.13. The Morgan fingerprint density at radius 2 is 1.74 bits per heavy atom. The van der Waals surface area contributed by atoms with Crippen molar-refractivity contribution < 1.29 is 27.6 Å². The third-order valence-corrected chi connectivity index (χ3v) is 7.20. The lowest BCUT2D eigenvalue weighted by Crippen LogP contribution is -2.13. The molecule has 0 spiro atoms. The molecule has 196 valence electrons. The number of carbonyl (C=O) groups excluding carboxylic acids is 1. The molecule has 38 heavy (non-hydrogen) atoms. The SMILES string of the molecule is CCc1c(S(=O)(=O)O)ccc(Cl)c1N=Nc1c(O)c(C(=O)Nc2ccc(Cl)cc2OC)cc2ccccc12. The molecule has 0 aliphatic carbocycles. The van der Waals surface area contributed by atoms with Crippen LogP contribution in [0.15, 0.2) is 75.8 Å². The van der Waals surface area contributed by atoms with Crippen LogP contribution >= 0.6 is 23.2 Å². The first-order chi connectivity index (χ1) is 18.0. The second kappa shape index (κ2) is 11.0. The summed E-state index contributed by atoms with van der Waals surface area (Å²) in [5, 5.41) is 23.7. The molecule has 0 unspecified atom stereocenters. The van der Waals surface area contributed by atoms with Crippen LogP contribution in [-0.2, 0) is 16.5 Å². The number of benzene rings is 4. The van der Waals surface area contributed by atoms with E-state index in [9.17, 15) is 22.9 Å². The summed E-state index contributed by atoms with van der Waals surface area (Å²) in [4.78, 5) is 12.9. The minimum absolute atomic E-state index is 0.00790.